The predicted octanol–water partition coefficient (Wildman–Crippen LogP) is 4.00. The van der Waals surface area contributed by atoms with E-state index in [-0.39, 0.29) is 11.5 Å². The maximum absolute atomic E-state index is 13.0. The number of hydrogen-bond acceptors (Lipinski definition) is 6. The minimum atomic E-state index is -1.09. The van der Waals surface area contributed by atoms with Crippen LogP contribution in [0.25, 0.3) is 10.6 Å². The Kier molecular flexibility index (Phi) is 5.77. The number of rotatable bonds is 5. The third-order valence-electron chi connectivity index (χ3n) is 3.76. The molecule has 1 heterocycles. The number of carbonyl (C=O) groups excluding carboxylic acids is 2. The molecule has 140 valence electrons. The molecule has 0 fully saturated rings. The van der Waals surface area contributed by atoms with Crippen LogP contribution in [-0.4, -0.2) is 23.0 Å². The van der Waals surface area contributed by atoms with Crippen molar-refractivity contribution in [2.45, 2.75) is 13.0 Å². The van der Waals surface area contributed by atoms with Gasteiger partial charge in [-0.2, -0.15) is 5.26 Å². The molecule has 0 unspecified atom stereocenters. The van der Waals surface area contributed by atoms with E-state index in [1.807, 2.05) is 6.07 Å². The Morgan fingerprint density at radius 3 is 2.64 bits per heavy atom. The van der Waals surface area contributed by atoms with Gasteiger partial charge in [0.2, 0.25) is 0 Å². The highest BCUT2D eigenvalue weighted by atomic mass is 32.1. The minimum Gasteiger partial charge on any atom is -0.448 e. The van der Waals surface area contributed by atoms with Gasteiger partial charge >= 0.3 is 5.97 Å². The molecule has 0 saturated heterocycles. The second kappa shape index (κ2) is 8.41. The molecular formula is C20H14FN3O3S. The van der Waals surface area contributed by atoms with E-state index in [0.29, 0.717) is 21.8 Å². The molecule has 0 bridgehead atoms. The molecule has 0 spiro atoms. The van der Waals surface area contributed by atoms with E-state index in [0.717, 1.165) is 0 Å². The molecule has 0 aliphatic carbocycles. The highest BCUT2D eigenvalue weighted by Gasteiger charge is 2.22. The lowest BCUT2D eigenvalue weighted by Crippen LogP contribution is -2.30. The Labute approximate surface area is 164 Å². The maximum atomic E-state index is 13.0. The first kappa shape index (κ1) is 19.2. The molecular weight excluding hydrogens is 381 g/mol. The monoisotopic (exact) mass is 395 g/mol. The van der Waals surface area contributed by atoms with Gasteiger partial charge in [-0.3, -0.25) is 4.79 Å². The standard InChI is InChI=1S/C20H14FN3O3S/c1-12(18(25)23-16-5-3-2-4-14(16)10-22)27-20(26)17-11-28-19(24-17)13-6-8-15(21)9-7-13/h2-9,11-12H,1H3,(H,23,25)/t12-/m0/s1. The molecule has 0 aliphatic rings. The Balaban J connectivity index is 1.65. The van der Waals surface area contributed by atoms with Crippen molar-refractivity contribution in [1.82, 2.24) is 4.98 Å². The van der Waals surface area contributed by atoms with Crippen molar-refractivity contribution < 1.29 is 18.7 Å². The number of halogens is 1. The number of nitrogens with zero attached hydrogens (tertiary/aromatic N) is 2. The first-order valence-corrected chi connectivity index (χ1v) is 9.08. The van der Waals surface area contributed by atoms with Crippen LogP contribution in [0, 0.1) is 17.1 Å². The summed E-state index contributed by atoms with van der Waals surface area (Å²) in [7, 11) is 0. The molecule has 28 heavy (non-hydrogen) atoms. The summed E-state index contributed by atoms with van der Waals surface area (Å²) in [4.78, 5) is 28.7. The number of benzene rings is 2. The van der Waals surface area contributed by atoms with Crippen LogP contribution in [0.1, 0.15) is 23.0 Å². The largest absolute Gasteiger partial charge is 0.448 e. The smallest absolute Gasteiger partial charge is 0.358 e. The predicted molar refractivity (Wildman–Crippen MR) is 102 cm³/mol. The number of ether oxygens (including phenoxy) is 1. The quantitative estimate of drug-likeness (QED) is 0.659. The van der Waals surface area contributed by atoms with Crippen LogP contribution in [0.5, 0.6) is 0 Å². The number of nitriles is 1. The van der Waals surface area contributed by atoms with E-state index in [9.17, 15) is 14.0 Å². The van der Waals surface area contributed by atoms with Crippen LogP contribution in [0.4, 0.5) is 10.1 Å². The Morgan fingerprint density at radius 2 is 1.93 bits per heavy atom. The fourth-order valence-corrected chi connectivity index (χ4v) is 3.09. The van der Waals surface area contributed by atoms with Crippen molar-refractivity contribution in [2.24, 2.45) is 0 Å². The van der Waals surface area contributed by atoms with Crippen molar-refractivity contribution in [3.05, 3.63) is 71.0 Å². The number of carbonyl (C=O) groups is 2. The lowest BCUT2D eigenvalue weighted by Gasteiger charge is -2.13. The summed E-state index contributed by atoms with van der Waals surface area (Å²) in [5, 5.41) is 13.7. The van der Waals surface area contributed by atoms with Crippen molar-refractivity contribution in [2.75, 3.05) is 5.32 Å². The summed E-state index contributed by atoms with van der Waals surface area (Å²) < 4.78 is 18.2. The zero-order chi connectivity index (χ0) is 20.1. The molecule has 6 nitrogen and oxygen atoms in total. The van der Waals surface area contributed by atoms with Crippen molar-refractivity contribution in [3.8, 4) is 16.6 Å². The molecule has 2 aromatic carbocycles. The lowest BCUT2D eigenvalue weighted by molar-refractivity contribution is -0.123. The summed E-state index contributed by atoms with van der Waals surface area (Å²) in [5.41, 5.74) is 1.37. The summed E-state index contributed by atoms with van der Waals surface area (Å²) in [5.74, 6) is -1.68. The van der Waals surface area contributed by atoms with Gasteiger partial charge in [-0.15, -0.1) is 11.3 Å². The molecule has 1 N–H and O–H groups in total. The highest BCUT2D eigenvalue weighted by molar-refractivity contribution is 7.13. The third-order valence-corrected chi connectivity index (χ3v) is 4.65. The summed E-state index contributed by atoms with van der Waals surface area (Å²) >= 11 is 1.21. The van der Waals surface area contributed by atoms with Crippen LogP contribution in [-0.2, 0) is 9.53 Å². The minimum absolute atomic E-state index is 0.0569. The van der Waals surface area contributed by atoms with Crippen LogP contribution in [0.15, 0.2) is 53.9 Å². The summed E-state index contributed by atoms with van der Waals surface area (Å²) in [6, 6.07) is 14.2. The van der Waals surface area contributed by atoms with Gasteiger partial charge in [0, 0.05) is 10.9 Å². The molecule has 0 radical (unpaired) electrons. The number of aromatic nitrogens is 1. The van der Waals surface area contributed by atoms with E-state index in [1.54, 1.807) is 36.4 Å². The molecule has 8 heteroatoms. The van der Waals surface area contributed by atoms with E-state index >= 15 is 0 Å². The summed E-state index contributed by atoms with van der Waals surface area (Å²) in [6.07, 6.45) is -1.09. The Hall–Kier alpha value is -3.57. The molecule has 0 saturated carbocycles. The zero-order valence-electron chi connectivity index (χ0n) is 14.7. The maximum Gasteiger partial charge on any atom is 0.358 e. The first-order valence-electron chi connectivity index (χ1n) is 8.20. The number of amides is 1. The molecule has 3 aromatic rings. The van der Waals surface area contributed by atoms with Gasteiger partial charge in [0.05, 0.1) is 11.3 Å². The number of para-hydroxylation sites is 1. The number of anilines is 1. The van der Waals surface area contributed by atoms with Gasteiger partial charge in [0.25, 0.3) is 5.91 Å². The lowest BCUT2D eigenvalue weighted by atomic mass is 10.2. The van der Waals surface area contributed by atoms with Crippen LogP contribution < -0.4 is 5.32 Å². The fraction of sp³-hybridized carbons (Fsp3) is 0.100. The topological polar surface area (TPSA) is 92.1 Å². The van der Waals surface area contributed by atoms with E-state index in [4.69, 9.17) is 10.00 Å². The normalized spacial score (nSPS) is 11.3. The van der Waals surface area contributed by atoms with Gasteiger partial charge in [0.15, 0.2) is 11.8 Å². The fourth-order valence-electron chi connectivity index (χ4n) is 2.29. The van der Waals surface area contributed by atoms with Crippen molar-refractivity contribution in [1.29, 1.82) is 5.26 Å². The summed E-state index contributed by atoms with van der Waals surface area (Å²) in [6.45, 7) is 1.43. The van der Waals surface area contributed by atoms with E-state index < -0.39 is 18.0 Å². The molecule has 3 rings (SSSR count). The highest BCUT2D eigenvalue weighted by Crippen LogP contribution is 2.24. The SMILES string of the molecule is C[C@H](OC(=O)c1csc(-c2ccc(F)cc2)n1)C(=O)Nc1ccccc1C#N. The number of nitrogens with one attached hydrogen (secondary N) is 1. The third kappa shape index (κ3) is 4.39. The average Bonchev–Trinajstić information content (AvgIpc) is 3.19. The average molecular weight is 395 g/mol. The number of hydrogen-bond donors (Lipinski definition) is 1. The number of esters is 1. The molecule has 1 atom stereocenters. The van der Waals surface area contributed by atoms with Gasteiger partial charge in [0.1, 0.15) is 16.9 Å². The second-order valence-corrected chi connectivity index (χ2v) is 6.60. The Bertz CT molecular complexity index is 1060. The zero-order valence-corrected chi connectivity index (χ0v) is 15.5. The molecule has 1 amide bonds. The van der Waals surface area contributed by atoms with E-state index in [1.165, 1.54) is 35.8 Å². The number of thiazole rings is 1. The van der Waals surface area contributed by atoms with Crippen LogP contribution in [0.2, 0.25) is 0 Å². The van der Waals surface area contributed by atoms with Gasteiger partial charge in [-0.1, -0.05) is 12.1 Å². The van der Waals surface area contributed by atoms with Gasteiger partial charge < -0.3 is 10.1 Å². The first-order chi connectivity index (χ1) is 13.5. The van der Waals surface area contributed by atoms with Crippen molar-refractivity contribution in [3.63, 3.8) is 0 Å². The second-order valence-electron chi connectivity index (χ2n) is 5.74. The van der Waals surface area contributed by atoms with E-state index in [2.05, 4.69) is 10.3 Å². The van der Waals surface area contributed by atoms with Crippen molar-refractivity contribution >= 4 is 28.9 Å². The molecule has 1 aromatic heterocycles. The van der Waals surface area contributed by atoms with Crippen LogP contribution >= 0.6 is 11.3 Å². The van der Waals surface area contributed by atoms with Gasteiger partial charge in [-0.05, 0) is 43.3 Å². The Morgan fingerprint density at radius 1 is 1.21 bits per heavy atom. The molecule has 0 aliphatic heterocycles. The van der Waals surface area contributed by atoms with Crippen LogP contribution in [0.3, 0.4) is 0 Å². The van der Waals surface area contributed by atoms with Gasteiger partial charge in [-0.25, -0.2) is 14.2 Å².